The van der Waals surface area contributed by atoms with Crippen LogP contribution in [-0.2, 0) is 15.5 Å². The van der Waals surface area contributed by atoms with Crippen molar-refractivity contribution in [3.05, 3.63) is 29.8 Å². The summed E-state index contributed by atoms with van der Waals surface area (Å²) >= 11 is 0. The Kier molecular flexibility index (Phi) is 4.31. The maximum Gasteiger partial charge on any atom is 0.119 e. The summed E-state index contributed by atoms with van der Waals surface area (Å²) in [5, 5.41) is 0.199. The van der Waals surface area contributed by atoms with Gasteiger partial charge in [-0.25, -0.2) is 0 Å². The van der Waals surface area contributed by atoms with Gasteiger partial charge in [0.05, 0.1) is 11.9 Å². The zero-order valence-corrected chi connectivity index (χ0v) is 13.0. The SMILES string of the molecule is CCC1(c2cccc(OC)c2)CN(C)CC(C)S1=O. The Balaban J connectivity index is 2.48. The zero-order chi connectivity index (χ0) is 14.0. The van der Waals surface area contributed by atoms with Crippen molar-refractivity contribution >= 4 is 10.8 Å². The van der Waals surface area contributed by atoms with E-state index in [0.29, 0.717) is 0 Å². The molecular formula is C15H23NO2S. The summed E-state index contributed by atoms with van der Waals surface area (Å²) < 4.78 is 17.9. The number of methoxy groups -OCH3 is 1. The quantitative estimate of drug-likeness (QED) is 0.852. The van der Waals surface area contributed by atoms with Gasteiger partial charge in [0.1, 0.15) is 5.75 Å². The van der Waals surface area contributed by atoms with Crippen LogP contribution < -0.4 is 4.74 Å². The van der Waals surface area contributed by atoms with Crippen molar-refractivity contribution in [2.45, 2.75) is 30.3 Å². The van der Waals surface area contributed by atoms with Crippen molar-refractivity contribution in [1.29, 1.82) is 0 Å². The largest absolute Gasteiger partial charge is 0.497 e. The molecule has 1 aromatic rings. The summed E-state index contributed by atoms with van der Waals surface area (Å²) in [5.41, 5.74) is 1.13. The fourth-order valence-corrected chi connectivity index (χ4v) is 5.18. The number of likely N-dealkylation sites (N-methyl/N-ethyl adjacent to an activating group) is 1. The number of rotatable bonds is 3. The van der Waals surface area contributed by atoms with Gasteiger partial charge in [0.25, 0.3) is 0 Å². The molecule has 1 aliphatic rings. The van der Waals surface area contributed by atoms with Crippen LogP contribution in [0.5, 0.6) is 5.75 Å². The van der Waals surface area contributed by atoms with Crippen molar-refractivity contribution in [1.82, 2.24) is 4.90 Å². The molecule has 4 heteroatoms. The van der Waals surface area contributed by atoms with Gasteiger partial charge in [0.15, 0.2) is 0 Å². The normalized spacial score (nSPS) is 32.2. The minimum atomic E-state index is -0.861. The first-order valence-electron chi connectivity index (χ1n) is 6.77. The van der Waals surface area contributed by atoms with E-state index in [1.807, 2.05) is 18.2 Å². The van der Waals surface area contributed by atoms with Crippen molar-refractivity contribution < 1.29 is 8.95 Å². The van der Waals surface area contributed by atoms with Crippen LogP contribution in [0.1, 0.15) is 25.8 Å². The van der Waals surface area contributed by atoms with E-state index < -0.39 is 10.8 Å². The van der Waals surface area contributed by atoms with Crippen LogP contribution in [0, 0.1) is 0 Å². The lowest BCUT2D eigenvalue weighted by atomic mass is 9.94. The lowest BCUT2D eigenvalue weighted by Crippen LogP contribution is -2.53. The molecule has 1 fully saturated rings. The Morgan fingerprint density at radius 3 is 2.89 bits per heavy atom. The van der Waals surface area contributed by atoms with Gasteiger partial charge in [-0.15, -0.1) is 0 Å². The van der Waals surface area contributed by atoms with Gasteiger partial charge in [-0.1, -0.05) is 19.1 Å². The van der Waals surface area contributed by atoms with Gasteiger partial charge in [-0.05, 0) is 38.1 Å². The second-order valence-electron chi connectivity index (χ2n) is 5.38. The van der Waals surface area contributed by atoms with E-state index in [0.717, 1.165) is 30.8 Å². The van der Waals surface area contributed by atoms with Crippen LogP contribution in [0.4, 0.5) is 0 Å². The second-order valence-corrected chi connectivity index (χ2v) is 7.57. The smallest absolute Gasteiger partial charge is 0.119 e. The molecule has 19 heavy (non-hydrogen) atoms. The molecular weight excluding hydrogens is 258 g/mol. The maximum atomic E-state index is 12.9. The maximum absolute atomic E-state index is 12.9. The first-order valence-corrected chi connectivity index (χ1v) is 7.98. The molecule has 0 amide bonds. The molecule has 106 valence electrons. The van der Waals surface area contributed by atoms with E-state index in [1.165, 1.54) is 0 Å². The highest BCUT2D eigenvalue weighted by molar-refractivity contribution is 7.86. The third-order valence-electron chi connectivity index (χ3n) is 4.01. The highest BCUT2D eigenvalue weighted by atomic mass is 32.2. The lowest BCUT2D eigenvalue weighted by molar-refractivity contribution is 0.270. The summed E-state index contributed by atoms with van der Waals surface area (Å²) in [6, 6.07) is 8.04. The Bertz CT molecular complexity index is 477. The van der Waals surface area contributed by atoms with Gasteiger partial charge in [-0.3, -0.25) is 4.21 Å². The van der Waals surface area contributed by atoms with Crippen LogP contribution in [-0.4, -0.2) is 41.6 Å². The average Bonchev–Trinajstić information content (AvgIpc) is 2.43. The number of benzene rings is 1. The highest BCUT2D eigenvalue weighted by Gasteiger charge is 2.44. The lowest BCUT2D eigenvalue weighted by Gasteiger charge is -2.43. The van der Waals surface area contributed by atoms with Crippen molar-refractivity contribution in [3.8, 4) is 5.75 Å². The Morgan fingerprint density at radius 1 is 1.53 bits per heavy atom. The van der Waals surface area contributed by atoms with Gasteiger partial charge >= 0.3 is 0 Å². The zero-order valence-electron chi connectivity index (χ0n) is 12.2. The molecule has 3 unspecified atom stereocenters. The summed E-state index contributed by atoms with van der Waals surface area (Å²) in [6.45, 7) is 5.95. The van der Waals surface area contributed by atoms with Gasteiger partial charge in [0.2, 0.25) is 0 Å². The molecule has 1 aliphatic heterocycles. The molecule has 0 N–H and O–H groups in total. The molecule has 0 spiro atoms. The summed E-state index contributed by atoms with van der Waals surface area (Å²) in [6.07, 6.45) is 0.876. The van der Waals surface area contributed by atoms with Crippen molar-refractivity contribution in [2.24, 2.45) is 0 Å². The standard InChI is InChI=1S/C15H23NO2S/c1-5-15(11-16(3)10-12(2)19(15)17)13-7-6-8-14(9-13)18-4/h6-9,12H,5,10-11H2,1-4H3. The summed E-state index contributed by atoms with van der Waals surface area (Å²) in [5.74, 6) is 0.836. The fraction of sp³-hybridized carbons (Fsp3) is 0.600. The van der Waals surface area contributed by atoms with E-state index >= 15 is 0 Å². The third kappa shape index (κ3) is 2.56. The first-order chi connectivity index (χ1) is 9.03. The highest BCUT2D eigenvalue weighted by Crippen LogP contribution is 2.38. The Morgan fingerprint density at radius 2 is 2.26 bits per heavy atom. The molecule has 0 aromatic heterocycles. The second kappa shape index (κ2) is 5.63. The van der Waals surface area contributed by atoms with E-state index in [4.69, 9.17) is 4.74 Å². The molecule has 0 saturated carbocycles. The van der Waals surface area contributed by atoms with Gasteiger partial charge in [-0.2, -0.15) is 0 Å². The molecule has 3 nitrogen and oxygen atoms in total. The number of hydrogen-bond acceptors (Lipinski definition) is 3. The monoisotopic (exact) mass is 281 g/mol. The molecule has 1 saturated heterocycles. The Hall–Kier alpha value is -0.870. The predicted molar refractivity (Wildman–Crippen MR) is 80.1 cm³/mol. The summed E-state index contributed by atoms with van der Waals surface area (Å²) in [4.78, 5) is 2.29. The predicted octanol–water partition coefficient (Wildman–Crippen LogP) is 2.38. The third-order valence-corrected chi connectivity index (χ3v) is 6.32. The van der Waals surface area contributed by atoms with Crippen LogP contribution in [0.3, 0.4) is 0 Å². The number of nitrogens with zero attached hydrogens (tertiary/aromatic N) is 1. The number of hydrogen-bond donors (Lipinski definition) is 0. The average molecular weight is 281 g/mol. The molecule has 1 aromatic carbocycles. The summed E-state index contributed by atoms with van der Waals surface area (Å²) in [7, 11) is 2.92. The van der Waals surface area contributed by atoms with E-state index in [1.54, 1.807) is 7.11 Å². The molecule has 0 radical (unpaired) electrons. The van der Waals surface area contributed by atoms with Crippen molar-refractivity contribution in [3.63, 3.8) is 0 Å². The first kappa shape index (κ1) is 14.5. The van der Waals surface area contributed by atoms with Crippen LogP contribution in [0.2, 0.25) is 0 Å². The number of ether oxygens (including phenoxy) is 1. The fourth-order valence-electron chi connectivity index (χ4n) is 3.03. The molecule has 0 aliphatic carbocycles. The topological polar surface area (TPSA) is 29.5 Å². The van der Waals surface area contributed by atoms with Gasteiger partial charge < -0.3 is 9.64 Å². The van der Waals surface area contributed by atoms with Crippen LogP contribution in [0.15, 0.2) is 24.3 Å². The van der Waals surface area contributed by atoms with Crippen LogP contribution >= 0.6 is 0 Å². The van der Waals surface area contributed by atoms with Crippen molar-refractivity contribution in [2.75, 3.05) is 27.2 Å². The van der Waals surface area contributed by atoms with E-state index in [2.05, 4.69) is 31.9 Å². The Labute approximate surface area is 118 Å². The molecule has 3 atom stereocenters. The minimum Gasteiger partial charge on any atom is -0.497 e. The minimum absolute atomic E-state index is 0.199. The molecule has 1 heterocycles. The van der Waals surface area contributed by atoms with Gasteiger partial charge in [0, 0.05) is 29.1 Å². The molecule has 0 bridgehead atoms. The van der Waals surface area contributed by atoms with E-state index in [-0.39, 0.29) is 10.00 Å². The van der Waals surface area contributed by atoms with Crippen LogP contribution in [0.25, 0.3) is 0 Å². The molecule has 2 rings (SSSR count). The van der Waals surface area contributed by atoms with E-state index in [9.17, 15) is 4.21 Å².